The van der Waals surface area contributed by atoms with E-state index in [0.29, 0.717) is 11.1 Å². The number of nitrogens with one attached hydrogen (secondary N) is 1. The third-order valence-electron chi connectivity index (χ3n) is 3.10. The molecular weight excluding hydrogens is 348 g/mol. The van der Waals surface area contributed by atoms with Gasteiger partial charge in [-0.1, -0.05) is 29.8 Å². The minimum Gasteiger partial charge on any atom is -0.436 e. The fourth-order valence-corrected chi connectivity index (χ4v) is 3.21. The van der Waals surface area contributed by atoms with Crippen LogP contribution in [-0.4, -0.2) is 11.5 Å². The average Bonchev–Trinajstić information content (AvgIpc) is 2.71. The summed E-state index contributed by atoms with van der Waals surface area (Å²) in [4.78, 5) is 5.62. The average molecular weight is 369 g/mol. The maximum atomic E-state index is 5.67. The van der Waals surface area contributed by atoms with E-state index in [4.69, 9.17) is 4.42 Å². The predicted molar refractivity (Wildman–Crippen MR) is 90.8 cm³/mol. The SMILES string of the molecule is Cc1nc(Sc2ccc(Br)cc2CNCC(C)C)oc1C. The largest absolute Gasteiger partial charge is 0.436 e. The number of rotatable bonds is 6. The second-order valence-electron chi connectivity index (χ2n) is 5.50. The molecule has 114 valence electrons. The van der Waals surface area contributed by atoms with E-state index in [2.05, 4.69) is 58.3 Å². The van der Waals surface area contributed by atoms with Crippen molar-refractivity contribution in [3.63, 3.8) is 0 Å². The number of aryl methyl sites for hydroxylation is 2. The molecule has 0 atom stereocenters. The molecular formula is C16H21BrN2OS. The highest BCUT2D eigenvalue weighted by molar-refractivity contribution is 9.10. The van der Waals surface area contributed by atoms with Crippen molar-refractivity contribution in [2.24, 2.45) is 5.92 Å². The molecule has 0 bridgehead atoms. The number of hydrogen-bond donors (Lipinski definition) is 1. The maximum absolute atomic E-state index is 5.67. The molecule has 5 heteroatoms. The van der Waals surface area contributed by atoms with Gasteiger partial charge in [-0.15, -0.1) is 0 Å². The summed E-state index contributed by atoms with van der Waals surface area (Å²) in [6.07, 6.45) is 0. The third-order valence-corrected chi connectivity index (χ3v) is 4.56. The molecule has 0 saturated carbocycles. The molecule has 21 heavy (non-hydrogen) atoms. The van der Waals surface area contributed by atoms with E-state index in [0.717, 1.165) is 29.0 Å². The van der Waals surface area contributed by atoms with E-state index in [1.54, 1.807) is 11.8 Å². The van der Waals surface area contributed by atoms with Gasteiger partial charge in [-0.2, -0.15) is 0 Å². The summed E-state index contributed by atoms with van der Waals surface area (Å²) in [5.74, 6) is 1.53. The van der Waals surface area contributed by atoms with E-state index >= 15 is 0 Å². The van der Waals surface area contributed by atoms with Crippen molar-refractivity contribution < 1.29 is 4.42 Å². The third kappa shape index (κ3) is 4.87. The van der Waals surface area contributed by atoms with Crippen LogP contribution in [0.2, 0.25) is 0 Å². The molecule has 0 aliphatic carbocycles. The van der Waals surface area contributed by atoms with Crippen LogP contribution in [0.5, 0.6) is 0 Å². The second-order valence-corrected chi connectivity index (χ2v) is 7.41. The Labute approximate surface area is 139 Å². The van der Waals surface area contributed by atoms with Crippen LogP contribution in [0.15, 0.2) is 37.2 Å². The zero-order valence-corrected chi connectivity index (χ0v) is 15.3. The van der Waals surface area contributed by atoms with Crippen molar-refractivity contribution in [1.29, 1.82) is 0 Å². The lowest BCUT2D eigenvalue weighted by Crippen LogP contribution is -2.19. The number of oxazole rings is 1. The van der Waals surface area contributed by atoms with Crippen molar-refractivity contribution in [1.82, 2.24) is 10.3 Å². The molecule has 1 aromatic heterocycles. The van der Waals surface area contributed by atoms with Crippen LogP contribution in [0.1, 0.15) is 30.9 Å². The van der Waals surface area contributed by atoms with Gasteiger partial charge < -0.3 is 9.73 Å². The summed E-state index contributed by atoms with van der Waals surface area (Å²) < 4.78 is 6.76. The highest BCUT2D eigenvalue weighted by atomic mass is 79.9. The smallest absolute Gasteiger partial charge is 0.261 e. The van der Waals surface area contributed by atoms with Crippen molar-refractivity contribution in [3.8, 4) is 0 Å². The normalized spacial score (nSPS) is 11.3. The molecule has 2 aromatic rings. The number of nitrogens with zero attached hydrogens (tertiary/aromatic N) is 1. The first kappa shape index (κ1) is 16.6. The minimum absolute atomic E-state index is 0.644. The summed E-state index contributed by atoms with van der Waals surface area (Å²) in [7, 11) is 0. The summed E-state index contributed by atoms with van der Waals surface area (Å²) in [6.45, 7) is 10.2. The van der Waals surface area contributed by atoms with E-state index in [-0.39, 0.29) is 0 Å². The first-order valence-electron chi connectivity index (χ1n) is 7.06. The Kier molecular flexibility index (Phi) is 5.90. The Morgan fingerprint density at radius 1 is 1.33 bits per heavy atom. The Hall–Kier alpha value is -0.780. The van der Waals surface area contributed by atoms with Crippen molar-refractivity contribution in [3.05, 3.63) is 39.7 Å². The molecule has 1 N–H and O–H groups in total. The quantitative estimate of drug-likeness (QED) is 0.782. The van der Waals surface area contributed by atoms with Gasteiger partial charge in [-0.3, -0.25) is 0 Å². The van der Waals surface area contributed by atoms with E-state index in [9.17, 15) is 0 Å². The molecule has 3 nitrogen and oxygen atoms in total. The lowest BCUT2D eigenvalue weighted by atomic mass is 10.2. The van der Waals surface area contributed by atoms with Gasteiger partial charge >= 0.3 is 0 Å². The number of halogens is 1. The van der Waals surface area contributed by atoms with Crippen LogP contribution < -0.4 is 5.32 Å². The Bertz CT molecular complexity index is 591. The van der Waals surface area contributed by atoms with Crippen molar-refractivity contribution >= 4 is 27.7 Å². The van der Waals surface area contributed by atoms with Crippen LogP contribution in [0, 0.1) is 19.8 Å². The first-order chi connectivity index (χ1) is 9.95. The molecule has 0 aliphatic heterocycles. The first-order valence-corrected chi connectivity index (χ1v) is 8.67. The zero-order chi connectivity index (χ0) is 15.4. The van der Waals surface area contributed by atoms with Gasteiger partial charge in [0, 0.05) is 15.9 Å². The van der Waals surface area contributed by atoms with Gasteiger partial charge in [0.15, 0.2) is 0 Å². The molecule has 1 aromatic carbocycles. The molecule has 0 saturated heterocycles. The minimum atomic E-state index is 0.644. The van der Waals surface area contributed by atoms with Gasteiger partial charge in [0.2, 0.25) is 0 Å². The van der Waals surface area contributed by atoms with Gasteiger partial charge in [-0.05, 0) is 61.8 Å². The van der Waals surface area contributed by atoms with E-state index < -0.39 is 0 Å². The maximum Gasteiger partial charge on any atom is 0.261 e. The summed E-state index contributed by atoms with van der Waals surface area (Å²) in [5, 5.41) is 4.19. The van der Waals surface area contributed by atoms with Gasteiger partial charge in [-0.25, -0.2) is 4.98 Å². The number of aromatic nitrogens is 1. The highest BCUT2D eigenvalue weighted by Gasteiger charge is 2.11. The van der Waals surface area contributed by atoms with E-state index in [1.165, 1.54) is 10.5 Å². The highest BCUT2D eigenvalue weighted by Crippen LogP contribution is 2.32. The number of benzene rings is 1. The van der Waals surface area contributed by atoms with Gasteiger partial charge in [0.1, 0.15) is 5.76 Å². The number of hydrogen-bond acceptors (Lipinski definition) is 4. The summed E-state index contributed by atoms with van der Waals surface area (Å²) in [5.41, 5.74) is 2.21. The van der Waals surface area contributed by atoms with E-state index in [1.807, 2.05) is 13.8 Å². The fourth-order valence-electron chi connectivity index (χ4n) is 1.86. The summed E-state index contributed by atoms with van der Waals surface area (Å²) in [6, 6.07) is 6.31. The van der Waals surface area contributed by atoms with Crippen LogP contribution in [0.4, 0.5) is 0 Å². The van der Waals surface area contributed by atoms with Crippen LogP contribution >= 0.6 is 27.7 Å². The Morgan fingerprint density at radius 3 is 2.71 bits per heavy atom. The molecule has 1 heterocycles. The molecule has 0 amide bonds. The second kappa shape index (κ2) is 7.47. The fraction of sp³-hybridized carbons (Fsp3) is 0.438. The summed E-state index contributed by atoms with van der Waals surface area (Å²) >= 11 is 5.12. The Morgan fingerprint density at radius 2 is 2.10 bits per heavy atom. The monoisotopic (exact) mass is 368 g/mol. The molecule has 0 fully saturated rings. The Balaban J connectivity index is 2.14. The van der Waals surface area contributed by atoms with Crippen molar-refractivity contribution in [2.45, 2.75) is 44.4 Å². The topological polar surface area (TPSA) is 38.1 Å². The zero-order valence-electron chi connectivity index (χ0n) is 12.9. The van der Waals surface area contributed by atoms with Crippen molar-refractivity contribution in [2.75, 3.05) is 6.54 Å². The molecule has 2 rings (SSSR count). The molecule has 0 aliphatic rings. The van der Waals surface area contributed by atoms with Gasteiger partial charge in [0.25, 0.3) is 5.22 Å². The lowest BCUT2D eigenvalue weighted by Gasteiger charge is -2.11. The lowest BCUT2D eigenvalue weighted by molar-refractivity contribution is 0.431. The molecule has 0 spiro atoms. The van der Waals surface area contributed by atoms with Gasteiger partial charge in [0.05, 0.1) is 5.69 Å². The van der Waals surface area contributed by atoms with Crippen LogP contribution in [0.3, 0.4) is 0 Å². The molecule has 0 radical (unpaired) electrons. The molecule has 0 unspecified atom stereocenters. The predicted octanol–water partition coefficient (Wildman–Crippen LogP) is 4.95. The van der Waals surface area contributed by atoms with Crippen LogP contribution in [-0.2, 0) is 6.54 Å². The van der Waals surface area contributed by atoms with Crippen LogP contribution in [0.25, 0.3) is 0 Å². The standard InChI is InChI=1S/C16H21BrN2OS/c1-10(2)8-18-9-13-7-14(17)5-6-15(13)21-16-19-11(3)12(4)20-16/h5-7,10,18H,8-9H2,1-4H3.